The number of hydrogen-bond acceptors (Lipinski definition) is 5. The molecule has 1 heterocycles. The van der Waals surface area contributed by atoms with E-state index in [-0.39, 0.29) is 35.4 Å². The van der Waals surface area contributed by atoms with Crippen LogP contribution in [0.1, 0.15) is 35.3 Å². The van der Waals surface area contributed by atoms with Crippen LogP contribution in [0.25, 0.3) is 22.3 Å². The van der Waals surface area contributed by atoms with Crippen LogP contribution in [0.5, 0.6) is 11.5 Å². The van der Waals surface area contributed by atoms with E-state index in [1.54, 1.807) is 54.6 Å². The summed E-state index contributed by atoms with van der Waals surface area (Å²) in [5, 5.41) is 0.958. The van der Waals surface area contributed by atoms with Gasteiger partial charge in [-0.15, -0.1) is 0 Å². The zero-order valence-corrected chi connectivity index (χ0v) is 20.2. The van der Waals surface area contributed by atoms with Crippen molar-refractivity contribution in [3.05, 3.63) is 92.6 Å². The Balaban J connectivity index is 1.70. The van der Waals surface area contributed by atoms with Crippen LogP contribution < -0.4 is 14.9 Å². The van der Waals surface area contributed by atoms with Crippen molar-refractivity contribution in [2.45, 2.75) is 33.8 Å². The van der Waals surface area contributed by atoms with Crippen molar-refractivity contribution in [3.63, 3.8) is 0 Å². The van der Waals surface area contributed by atoms with Gasteiger partial charge in [0.05, 0.1) is 11.5 Å². The highest BCUT2D eigenvalue weighted by molar-refractivity contribution is 6.30. The normalized spacial score (nSPS) is 11.1. The number of fused-ring (bicyclic) bond motifs is 1. The molecule has 0 aliphatic heterocycles. The number of Topliss-reactive ketones (excluding diaryl/α,β-unsaturated/α-hetero) is 1. The Morgan fingerprint density at radius 2 is 1.62 bits per heavy atom. The van der Waals surface area contributed by atoms with Crippen molar-refractivity contribution in [2.75, 3.05) is 6.61 Å². The molecule has 0 radical (unpaired) electrons. The highest BCUT2D eigenvalue weighted by atomic mass is 35.5. The molecule has 4 aromatic rings. The summed E-state index contributed by atoms with van der Waals surface area (Å²) in [6.45, 7) is 7.44. The molecule has 0 unspecified atom stereocenters. The summed E-state index contributed by atoms with van der Waals surface area (Å²) in [4.78, 5) is 26.2. The van der Waals surface area contributed by atoms with Crippen molar-refractivity contribution in [2.24, 2.45) is 0 Å². The molecule has 0 amide bonds. The lowest BCUT2D eigenvalue weighted by Crippen LogP contribution is -2.17. The van der Waals surface area contributed by atoms with Crippen molar-refractivity contribution >= 4 is 28.4 Å². The number of rotatable bonds is 7. The van der Waals surface area contributed by atoms with E-state index in [1.807, 2.05) is 33.8 Å². The van der Waals surface area contributed by atoms with Gasteiger partial charge in [-0.25, -0.2) is 0 Å². The van der Waals surface area contributed by atoms with Crippen LogP contribution in [-0.2, 0) is 0 Å². The quantitative estimate of drug-likeness (QED) is 0.275. The lowest BCUT2D eigenvalue weighted by Gasteiger charge is -2.13. The molecular weight excluding hydrogens is 452 g/mol. The first-order valence-electron chi connectivity index (χ1n) is 11.0. The number of hydrogen-bond donors (Lipinski definition) is 0. The third-order valence-electron chi connectivity index (χ3n) is 5.47. The molecule has 0 fully saturated rings. The van der Waals surface area contributed by atoms with Gasteiger partial charge in [0.25, 0.3) is 0 Å². The first-order valence-corrected chi connectivity index (χ1v) is 11.4. The minimum absolute atomic E-state index is 0.00816. The number of halogens is 1. The number of ether oxygens (including phenoxy) is 2. The second kappa shape index (κ2) is 9.74. The molecule has 0 saturated heterocycles. The van der Waals surface area contributed by atoms with E-state index in [0.29, 0.717) is 32.9 Å². The van der Waals surface area contributed by atoms with Crippen molar-refractivity contribution in [1.82, 2.24) is 0 Å². The molecule has 0 saturated carbocycles. The lowest BCUT2D eigenvalue weighted by atomic mass is 10.0. The van der Waals surface area contributed by atoms with Crippen molar-refractivity contribution in [3.8, 4) is 22.8 Å². The van der Waals surface area contributed by atoms with Gasteiger partial charge in [-0.05, 0) is 99.5 Å². The number of carbonyl (C=O) groups is 1. The first-order chi connectivity index (χ1) is 16.2. The molecule has 0 spiro atoms. The molecule has 0 aliphatic carbocycles. The van der Waals surface area contributed by atoms with Gasteiger partial charge in [0.2, 0.25) is 11.2 Å². The van der Waals surface area contributed by atoms with E-state index in [2.05, 4.69) is 0 Å². The first kappa shape index (κ1) is 23.6. The van der Waals surface area contributed by atoms with Gasteiger partial charge in [-0.2, -0.15) is 0 Å². The Kier molecular flexibility index (Phi) is 6.75. The Labute approximate surface area is 202 Å². The molecule has 3 aromatic carbocycles. The highest BCUT2D eigenvalue weighted by Crippen LogP contribution is 2.32. The third kappa shape index (κ3) is 5.00. The van der Waals surface area contributed by atoms with Gasteiger partial charge in [-0.1, -0.05) is 11.6 Å². The second-order valence-electron chi connectivity index (χ2n) is 8.43. The minimum atomic E-state index is -0.331. The smallest absolute Gasteiger partial charge is 0.235 e. The summed E-state index contributed by atoms with van der Waals surface area (Å²) in [7, 11) is 0. The Morgan fingerprint density at radius 1 is 0.971 bits per heavy atom. The fraction of sp³-hybridized carbons (Fsp3) is 0.214. The molecule has 1 aromatic heterocycles. The van der Waals surface area contributed by atoms with Gasteiger partial charge >= 0.3 is 0 Å². The maximum Gasteiger partial charge on any atom is 0.235 e. The maximum atomic E-state index is 13.4. The van der Waals surface area contributed by atoms with Crippen molar-refractivity contribution in [1.29, 1.82) is 0 Å². The Hall–Kier alpha value is -3.57. The van der Waals surface area contributed by atoms with E-state index < -0.39 is 0 Å². The molecule has 0 aliphatic rings. The Bertz CT molecular complexity index is 1400. The monoisotopic (exact) mass is 476 g/mol. The second-order valence-corrected chi connectivity index (χ2v) is 8.87. The minimum Gasteiger partial charge on any atom is -0.491 e. The van der Waals surface area contributed by atoms with Gasteiger partial charge in [0, 0.05) is 16.1 Å². The largest absolute Gasteiger partial charge is 0.491 e. The topological polar surface area (TPSA) is 65.7 Å². The lowest BCUT2D eigenvalue weighted by molar-refractivity contribution is 0.0920. The van der Waals surface area contributed by atoms with E-state index in [9.17, 15) is 9.59 Å². The van der Waals surface area contributed by atoms with Crippen LogP contribution in [-0.4, -0.2) is 18.5 Å². The van der Waals surface area contributed by atoms with E-state index in [4.69, 9.17) is 25.5 Å². The fourth-order valence-electron chi connectivity index (χ4n) is 3.57. The molecular formula is C28H25ClO5. The molecule has 6 heteroatoms. The van der Waals surface area contributed by atoms with Gasteiger partial charge in [0.15, 0.2) is 18.2 Å². The number of carbonyl (C=O) groups excluding carboxylic acids is 1. The molecule has 174 valence electrons. The fourth-order valence-corrected chi connectivity index (χ4v) is 3.69. The summed E-state index contributed by atoms with van der Waals surface area (Å²) in [5.41, 5.74) is 3.18. The van der Waals surface area contributed by atoms with Gasteiger partial charge < -0.3 is 13.9 Å². The van der Waals surface area contributed by atoms with Crippen LogP contribution in [0.2, 0.25) is 5.02 Å². The van der Waals surface area contributed by atoms with E-state index in [0.717, 1.165) is 11.1 Å². The van der Waals surface area contributed by atoms with Gasteiger partial charge in [0.1, 0.15) is 11.3 Å². The highest BCUT2D eigenvalue weighted by Gasteiger charge is 2.20. The summed E-state index contributed by atoms with van der Waals surface area (Å²) in [6.07, 6.45) is 0.0377. The van der Waals surface area contributed by atoms with Crippen LogP contribution in [0.15, 0.2) is 69.9 Å². The zero-order valence-electron chi connectivity index (χ0n) is 19.5. The summed E-state index contributed by atoms with van der Waals surface area (Å²) in [5.74, 6) is 0.660. The Morgan fingerprint density at radius 3 is 2.26 bits per heavy atom. The van der Waals surface area contributed by atoms with E-state index >= 15 is 0 Å². The molecule has 0 N–H and O–H groups in total. The zero-order chi connectivity index (χ0) is 24.4. The SMILES string of the molecule is Cc1cc2oc(-c3ccc(Cl)cc3)c(OCC(=O)c3ccc(OC(C)C)cc3)c(=O)c2cc1C. The molecule has 0 bridgehead atoms. The van der Waals surface area contributed by atoms with Crippen LogP contribution in [0.3, 0.4) is 0 Å². The number of ketones is 1. The predicted octanol–water partition coefficient (Wildman–Crippen LogP) is 6.78. The summed E-state index contributed by atoms with van der Waals surface area (Å²) in [6, 6.07) is 17.4. The third-order valence-corrected chi connectivity index (χ3v) is 5.72. The van der Waals surface area contributed by atoms with Gasteiger partial charge in [-0.3, -0.25) is 9.59 Å². The van der Waals surface area contributed by atoms with E-state index in [1.165, 1.54) is 0 Å². The number of aryl methyl sites for hydroxylation is 2. The molecule has 4 rings (SSSR count). The molecule has 0 atom stereocenters. The molecule has 5 nitrogen and oxygen atoms in total. The summed E-state index contributed by atoms with van der Waals surface area (Å²) < 4.78 is 17.6. The maximum absolute atomic E-state index is 13.4. The number of benzene rings is 3. The van der Waals surface area contributed by atoms with Crippen LogP contribution >= 0.6 is 11.6 Å². The molecule has 34 heavy (non-hydrogen) atoms. The van der Waals surface area contributed by atoms with Crippen LogP contribution in [0.4, 0.5) is 0 Å². The average Bonchev–Trinajstić information content (AvgIpc) is 2.80. The summed E-state index contributed by atoms with van der Waals surface area (Å²) >= 11 is 6.04. The standard InChI is InChI=1S/C28H25ClO5/c1-16(2)33-22-11-7-19(8-12-22)24(30)15-32-28-26(31)23-13-17(3)18(4)14-25(23)34-27(28)20-5-9-21(29)10-6-20/h5-14,16H,15H2,1-4H3. The predicted molar refractivity (Wildman–Crippen MR) is 134 cm³/mol. The van der Waals surface area contributed by atoms with Crippen molar-refractivity contribution < 1.29 is 18.7 Å². The van der Waals surface area contributed by atoms with Crippen LogP contribution in [0, 0.1) is 13.8 Å². The average molecular weight is 477 g/mol.